The minimum Gasteiger partial charge on any atom is -0.0654 e. The van der Waals surface area contributed by atoms with Crippen molar-refractivity contribution in [3.05, 3.63) is 0 Å². The number of rotatable bonds is 8. The zero-order chi connectivity index (χ0) is 13.4. The van der Waals surface area contributed by atoms with Crippen LogP contribution in [0.2, 0.25) is 0 Å². The predicted molar refractivity (Wildman–Crippen MR) is 82.9 cm³/mol. The lowest BCUT2D eigenvalue weighted by atomic mass is 9.69. The molecule has 1 unspecified atom stereocenters. The van der Waals surface area contributed by atoms with E-state index < -0.39 is 0 Å². The fraction of sp³-hybridized carbons (Fsp3) is 1.00. The highest BCUT2D eigenvalue weighted by molar-refractivity contribution is 4.80. The fourth-order valence-electron chi connectivity index (χ4n) is 4.16. The molecule has 0 radical (unpaired) electrons. The molecule has 1 atom stereocenters. The van der Waals surface area contributed by atoms with Crippen molar-refractivity contribution in [2.24, 2.45) is 17.3 Å². The van der Waals surface area contributed by atoms with Gasteiger partial charge in [0, 0.05) is 0 Å². The third kappa shape index (κ3) is 6.25. The first-order valence-corrected chi connectivity index (χ1v) is 8.56. The van der Waals surface area contributed by atoms with E-state index in [0.29, 0.717) is 5.41 Å². The van der Waals surface area contributed by atoms with Crippen molar-refractivity contribution < 1.29 is 0 Å². The Labute approximate surface area is 116 Å². The molecule has 18 heavy (non-hydrogen) atoms. The average molecular weight is 252 g/mol. The maximum Gasteiger partial charge on any atom is -0.0321 e. The summed E-state index contributed by atoms with van der Waals surface area (Å²) in [4.78, 5) is 0. The molecule has 0 nitrogen and oxygen atoms in total. The highest BCUT2D eigenvalue weighted by Gasteiger charge is 2.29. The Morgan fingerprint density at radius 1 is 1.06 bits per heavy atom. The Morgan fingerprint density at radius 2 is 1.72 bits per heavy atom. The molecule has 0 N–H and O–H groups in total. The van der Waals surface area contributed by atoms with E-state index in [1.165, 1.54) is 70.6 Å². The number of unbranched alkanes of at least 4 members (excludes halogenated alkanes) is 2. The van der Waals surface area contributed by atoms with Gasteiger partial charge in [0.1, 0.15) is 0 Å². The van der Waals surface area contributed by atoms with E-state index in [-0.39, 0.29) is 0 Å². The van der Waals surface area contributed by atoms with Crippen LogP contribution in [0.15, 0.2) is 0 Å². The maximum absolute atomic E-state index is 2.58. The molecular weight excluding hydrogens is 216 g/mol. The van der Waals surface area contributed by atoms with Crippen LogP contribution in [0.3, 0.4) is 0 Å². The molecule has 0 aromatic rings. The molecule has 1 aliphatic rings. The first kappa shape index (κ1) is 16.1. The molecule has 1 aliphatic carbocycles. The van der Waals surface area contributed by atoms with Crippen molar-refractivity contribution in [1.82, 2.24) is 0 Å². The first-order chi connectivity index (χ1) is 8.56. The molecular formula is C18H36. The second-order valence-corrected chi connectivity index (χ2v) is 7.57. The zero-order valence-corrected chi connectivity index (χ0v) is 13.4. The Hall–Kier alpha value is 0. The summed E-state index contributed by atoms with van der Waals surface area (Å²) < 4.78 is 0. The van der Waals surface area contributed by atoms with Crippen LogP contribution in [0.4, 0.5) is 0 Å². The van der Waals surface area contributed by atoms with Crippen molar-refractivity contribution in [3.8, 4) is 0 Å². The summed E-state index contributed by atoms with van der Waals surface area (Å²) in [6.07, 6.45) is 16.2. The summed E-state index contributed by atoms with van der Waals surface area (Å²) in [5.41, 5.74) is 0.630. The van der Waals surface area contributed by atoms with Gasteiger partial charge in [-0.3, -0.25) is 0 Å². The molecule has 1 fully saturated rings. The predicted octanol–water partition coefficient (Wildman–Crippen LogP) is 6.59. The summed E-state index contributed by atoms with van der Waals surface area (Å²) in [6.45, 7) is 9.70. The molecule has 1 rings (SSSR count). The second-order valence-electron chi connectivity index (χ2n) is 7.57. The van der Waals surface area contributed by atoms with Crippen LogP contribution in [0, 0.1) is 17.3 Å². The van der Waals surface area contributed by atoms with Crippen LogP contribution in [0.1, 0.15) is 98.3 Å². The Morgan fingerprint density at radius 3 is 2.28 bits per heavy atom. The van der Waals surface area contributed by atoms with Gasteiger partial charge in [0.05, 0.1) is 0 Å². The van der Waals surface area contributed by atoms with E-state index in [0.717, 1.165) is 11.8 Å². The molecule has 0 aromatic carbocycles. The van der Waals surface area contributed by atoms with E-state index in [9.17, 15) is 0 Å². The largest absolute Gasteiger partial charge is 0.0654 e. The standard InChI is InChI=1S/C18H36/c1-5-6-10-13-18(4,14-16(2)3)15-17-11-8-7-9-12-17/h16-17H,5-15H2,1-4H3. The minimum absolute atomic E-state index is 0.630. The molecule has 0 amide bonds. The Kier molecular flexibility index (Phi) is 7.34. The molecule has 0 heterocycles. The van der Waals surface area contributed by atoms with Crippen molar-refractivity contribution >= 4 is 0 Å². The molecule has 0 saturated heterocycles. The molecule has 0 bridgehead atoms. The lowest BCUT2D eigenvalue weighted by Gasteiger charge is -2.36. The maximum atomic E-state index is 2.58. The lowest BCUT2D eigenvalue weighted by Crippen LogP contribution is -2.24. The molecule has 0 aromatic heterocycles. The highest BCUT2D eigenvalue weighted by atomic mass is 14.3. The van der Waals surface area contributed by atoms with E-state index in [1.54, 1.807) is 0 Å². The Balaban J connectivity index is 2.46. The van der Waals surface area contributed by atoms with E-state index in [4.69, 9.17) is 0 Å². The molecule has 0 aliphatic heterocycles. The highest BCUT2D eigenvalue weighted by Crippen LogP contribution is 2.42. The Bertz CT molecular complexity index is 200. The summed E-state index contributed by atoms with van der Waals surface area (Å²) in [7, 11) is 0. The van der Waals surface area contributed by atoms with Crippen LogP contribution >= 0.6 is 0 Å². The van der Waals surface area contributed by atoms with Crippen LogP contribution < -0.4 is 0 Å². The van der Waals surface area contributed by atoms with Gasteiger partial charge in [-0.2, -0.15) is 0 Å². The van der Waals surface area contributed by atoms with Gasteiger partial charge in [0.25, 0.3) is 0 Å². The third-order valence-electron chi connectivity index (χ3n) is 4.79. The van der Waals surface area contributed by atoms with Gasteiger partial charge in [-0.25, -0.2) is 0 Å². The lowest BCUT2D eigenvalue weighted by molar-refractivity contribution is 0.153. The molecule has 1 saturated carbocycles. The van der Waals surface area contributed by atoms with Crippen LogP contribution in [-0.2, 0) is 0 Å². The van der Waals surface area contributed by atoms with Gasteiger partial charge >= 0.3 is 0 Å². The minimum atomic E-state index is 0.630. The number of hydrogen-bond donors (Lipinski definition) is 0. The van der Waals surface area contributed by atoms with E-state index >= 15 is 0 Å². The zero-order valence-electron chi connectivity index (χ0n) is 13.4. The quantitative estimate of drug-likeness (QED) is 0.427. The van der Waals surface area contributed by atoms with E-state index in [2.05, 4.69) is 27.7 Å². The molecule has 0 heteroatoms. The monoisotopic (exact) mass is 252 g/mol. The summed E-state index contributed by atoms with van der Waals surface area (Å²) in [6, 6.07) is 0. The first-order valence-electron chi connectivity index (χ1n) is 8.56. The topological polar surface area (TPSA) is 0 Å². The summed E-state index contributed by atoms with van der Waals surface area (Å²) in [5.74, 6) is 1.91. The van der Waals surface area contributed by atoms with Gasteiger partial charge < -0.3 is 0 Å². The van der Waals surface area contributed by atoms with E-state index in [1.807, 2.05) is 0 Å². The average Bonchev–Trinajstić information content (AvgIpc) is 2.29. The molecule has 108 valence electrons. The normalized spacial score (nSPS) is 21.2. The smallest absolute Gasteiger partial charge is 0.0321 e. The summed E-state index contributed by atoms with van der Waals surface area (Å²) in [5, 5.41) is 0. The fourth-order valence-corrected chi connectivity index (χ4v) is 4.16. The number of hydrogen-bond acceptors (Lipinski definition) is 0. The van der Waals surface area contributed by atoms with Crippen molar-refractivity contribution in [3.63, 3.8) is 0 Å². The second kappa shape index (κ2) is 8.23. The SMILES string of the molecule is CCCCCC(C)(CC(C)C)CC1CCCCC1. The van der Waals surface area contributed by atoms with Crippen molar-refractivity contribution in [1.29, 1.82) is 0 Å². The van der Waals surface area contributed by atoms with Gasteiger partial charge in [-0.1, -0.05) is 79.1 Å². The van der Waals surface area contributed by atoms with Gasteiger partial charge in [-0.15, -0.1) is 0 Å². The van der Waals surface area contributed by atoms with Crippen molar-refractivity contribution in [2.45, 2.75) is 98.3 Å². The van der Waals surface area contributed by atoms with Crippen molar-refractivity contribution in [2.75, 3.05) is 0 Å². The van der Waals surface area contributed by atoms with Gasteiger partial charge in [-0.05, 0) is 36.5 Å². The van der Waals surface area contributed by atoms with Crippen LogP contribution in [0.25, 0.3) is 0 Å². The van der Waals surface area contributed by atoms with Gasteiger partial charge in [0.2, 0.25) is 0 Å². The van der Waals surface area contributed by atoms with Crippen LogP contribution in [0.5, 0.6) is 0 Å². The third-order valence-corrected chi connectivity index (χ3v) is 4.79. The van der Waals surface area contributed by atoms with Crippen LogP contribution in [-0.4, -0.2) is 0 Å². The van der Waals surface area contributed by atoms with Gasteiger partial charge in [0.15, 0.2) is 0 Å². The summed E-state index contributed by atoms with van der Waals surface area (Å²) >= 11 is 0. The molecule has 0 spiro atoms.